The summed E-state index contributed by atoms with van der Waals surface area (Å²) in [6.45, 7) is 2.94. The number of furan rings is 1. The Balaban J connectivity index is 1.68. The van der Waals surface area contributed by atoms with Crippen molar-refractivity contribution in [2.75, 3.05) is 19.8 Å². The van der Waals surface area contributed by atoms with Crippen molar-refractivity contribution >= 4 is 0 Å². The van der Waals surface area contributed by atoms with E-state index in [2.05, 4.69) is 4.90 Å². The second-order valence-corrected chi connectivity index (χ2v) is 5.80. The molecule has 5 nitrogen and oxygen atoms in total. The van der Waals surface area contributed by atoms with Gasteiger partial charge >= 0.3 is 0 Å². The van der Waals surface area contributed by atoms with Crippen molar-refractivity contribution in [2.45, 2.75) is 44.6 Å². The molecular formula is C15H23NO4. The minimum Gasteiger partial charge on any atom is -0.462 e. The fourth-order valence-corrected chi connectivity index (χ4v) is 3.46. The minimum atomic E-state index is -0.200. The molecule has 2 heterocycles. The van der Waals surface area contributed by atoms with Gasteiger partial charge in [0, 0.05) is 18.5 Å². The van der Waals surface area contributed by atoms with Crippen LogP contribution in [-0.4, -0.2) is 47.0 Å². The molecular weight excluding hydrogens is 258 g/mol. The normalized spacial score (nSPS) is 31.8. The van der Waals surface area contributed by atoms with Crippen molar-refractivity contribution in [1.29, 1.82) is 0 Å². The van der Waals surface area contributed by atoms with Gasteiger partial charge in [-0.25, -0.2) is 0 Å². The zero-order chi connectivity index (χ0) is 13.9. The number of morpholine rings is 1. The van der Waals surface area contributed by atoms with E-state index in [0.717, 1.165) is 44.7 Å². The van der Waals surface area contributed by atoms with Crippen LogP contribution >= 0.6 is 0 Å². The number of hydrogen-bond acceptors (Lipinski definition) is 5. The Morgan fingerprint density at radius 1 is 1.25 bits per heavy atom. The molecule has 1 aromatic rings. The monoisotopic (exact) mass is 281 g/mol. The highest BCUT2D eigenvalue weighted by Gasteiger charge is 2.37. The van der Waals surface area contributed by atoms with Gasteiger partial charge in [-0.3, -0.25) is 4.90 Å². The van der Waals surface area contributed by atoms with Crippen LogP contribution in [0.2, 0.25) is 0 Å². The molecule has 2 N–H and O–H groups in total. The van der Waals surface area contributed by atoms with Crippen LogP contribution in [0, 0.1) is 5.92 Å². The second kappa shape index (κ2) is 6.26. The highest BCUT2D eigenvalue weighted by atomic mass is 16.5. The molecule has 0 amide bonds. The van der Waals surface area contributed by atoms with Crippen molar-refractivity contribution in [1.82, 2.24) is 4.90 Å². The largest absolute Gasteiger partial charge is 0.462 e. The molecule has 5 heteroatoms. The van der Waals surface area contributed by atoms with E-state index in [0.29, 0.717) is 18.3 Å². The molecule has 0 aromatic carbocycles. The van der Waals surface area contributed by atoms with E-state index in [1.807, 2.05) is 12.1 Å². The minimum absolute atomic E-state index is 0.0616. The fraction of sp³-hybridized carbons (Fsp3) is 0.733. The first kappa shape index (κ1) is 14.1. The van der Waals surface area contributed by atoms with Gasteiger partial charge in [-0.15, -0.1) is 0 Å². The number of ether oxygens (including phenoxy) is 1. The third kappa shape index (κ3) is 2.91. The van der Waals surface area contributed by atoms with Gasteiger partial charge in [0.25, 0.3) is 0 Å². The molecule has 0 spiro atoms. The number of hydrogen-bond donors (Lipinski definition) is 2. The molecule has 2 aliphatic rings. The summed E-state index contributed by atoms with van der Waals surface area (Å²) in [5, 5.41) is 19.2. The quantitative estimate of drug-likeness (QED) is 0.866. The lowest BCUT2D eigenvalue weighted by molar-refractivity contribution is -0.0558. The first-order valence-corrected chi connectivity index (χ1v) is 7.46. The third-order valence-electron chi connectivity index (χ3n) is 4.54. The Kier molecular flexibility index (Phi) is 4.41. The van der Waals surface area contributed by atoms with Gasteiger partial charge in [0.1, 0.15) is 18.1 Å². The van der Waals surface area contributed by atoms with Crippen LogP contribution in [0.15, 0.2) is 16.5 Å². The van der Waals surface area contributed by atoms with Crippen LogP contribution in [0.4, 0.5) is 0 Å². The second-order valence-electron chi connectivity index (χ2n) is 5.80. The van der Waals surface area contributed by atoms with Crippen molar-refractivity contribution in [3.05, 3.63) is 23.7 Å². The zero-order valence-corrected chi connectivity index (χ0v) is 11.7. The Morgan fingerprint density at radius 2 is 2.10 bits per heavy atom. The van der Waals surface area contributed by atoms with Gasteiger partial charge in [-0.2, -0.15) is 0 Å². The van der Waals surface area contributed by atoms with Crippen molar-refractivity contribution in [2.24, 2.45) is 5.92 Å². The van der Waals surface area contributed by atoms with Crippen LogP contribution < -0.4 is 0 Å². The van der Waals surface area contributed by atoms with Crippen LogP contribution in [0.25, 0.3) is 0 Å². The Morgan fingerprint density at radius 3 is 2.80 bits per heavy atom. The third-order valence-corrected chi connectivity index (χ3v) is 4.54. The van der Waals surface area contributed by atoms with Crippen LogP contribution in [0.1, 0.15) is 30.8 Å². The summed E-state index contributed by atoms with van der Waals surface area (Å²) in [7, 11) is 0. The van der Waals surface area contributed by atoms with Crippen molar-refractivity contribution in [3.8, 4) is 0 Å². The first-order valence-electron chi connectivity index (χ1n) is 7.46. The average Bonchev–Trinajstić information content (AvgIpc) is 3.08. The average molecular weight is 281 g/mol. The number of aliphatic hydroxyl groups excluding tert-OH is 2. The molecule has 3 rings (SSSR count). The predicted molar refractivity (Wildman–Crippen MR) is 73.0 cm³/mol. The van der Waals surface area contributed by atoms with Gasteiger partial charge < -0.3 is 19.4 Å². The number of aliphatic hydroxyl groups is 2. The van der Waals surface area contributed by atoms with Crippen LogP contribution in [-0.2, 0) is 17.9 Å². The lowest BCUT2D eigenvalue weighted by atomic mass is 9.94. The molecule has 1 saturated carbocycles. The highest BCUT2D eigenvalue weighted by Crippen LogP contribution is 2.32. The van der Waals surface area contributed by atoms with E-state index >= 15 is 0 Å². The van der Waals surface area contributed by atoms with Gasteiger partial charge in [-0.1, -0.05) is 6.42 Å². The number of rotatable bonds is 4. The zero-order valence-electron chi connectivity index (χ0n) is 11.7. The first-order chi connectivity index (χ1) is 9.78. The van der Waals surface area contributed by atoms with Gasteiger partial charge in [0.15, 0.2) is 0 Å². The molecule has 112 valence electrons. The maximum Gasteiger partial charge on any atom is 0.129 e. The predicted octanol–water partition coefficient (Wildman–Crippen LogP) is 1.13. The maximum absolute atomic E-state index is 10.1. The molecule has 3 atom stereocenters. The summed E-state index contributed by atoms with van der Waals surface area (Å²) in [6.07, 6.45) is 2.88. The lowest BCUT2D eigenvalue weighted by Gasteiger charge is -2.39. The van der Waals surface area contributed by atoms with Crippen LogP contribution in [0.5, 0.6) is 0 Å². The van der Waals surface area contributed by atoms with E-state index in [4.69, 9.17) is 14.3 Å². The summed E-state index contributed by atoms with van der Waals surface area (Å²) in [4.78, 5) is 2.35. The fourth-order valence-electron chi connectivity index (χ4n) is 3.46. The van der Waals surface area contributed by atoms with E-state index in [1.165, 1.54) is 0 Å². The lowest BCUT2D eigenvalue weighted by Crippen LogP contribution is -2.50. The van der Waals surface area contributed by atoms with E-state index < -0.39 is 0 Å². The van der Waals surface area contributed by atoms with E-state index in [1.54, 1.807) is 0 Å². The maximum atomic E-state index is 10.1. The van der Waals surface area contributed by atoms with Gasteiger partial charge in [0.05, 0.1) is 25.9 Å². The van der Waals surface area contributed by atoms with Crippen LogP contribution in [0.3, 0.4) is 0 Å². The summed E-state index contributed by atoms with van der Waals surface area (Å²) >= 11 is 0. The van der Waals surface area contributed by atoms with Gasteiger partial charge in [0.2, 0.25) is 0 Å². The molecule has 20 heavy (non-hydrogen) atoms. The van der Waals surface area contributed by atoms with E-state index in [-0.39, 0.29) is 18.8 Å². The molecule has 1 aliphatic heterocycles. The van der Waals surface area contributed by atoms with Crippen molar-refractivity contribution in [3.63, 3.8) is 0 Å². The van der Waals surface area contributed by atoms with E-state index in [9.17, 15) is 5.11 Å². The molecule has 1 aromatic heterocycles. The molecule has 0 bridgehead atoms. The number of nitrogens with zero attached hydrogens (tertiary/aromatic N) is 1. The standard InChI is InChI=1S/C15H23NO4/c17-9-12-5-4-11(20-12)8-16-6-7-19-10-14(16)13-2-1-3-15(13)18/h4-5,13-15,17-18H,1-3,6-10H2. The van der Waals surface area contributed by atoms with Gasteiger partial charge in [-0.05, 0) is 25.0 Å². The molecule has 2 fully saturated rings. The Labute approximate surface area is 119 Å². The molecule has 3 unspecified atom stereocenters. The molecule has 1 aliphatic carbocycles. The summed E-state index contributed by atoms with van der Waals surface area (Å²) in [6, 6.07) is 4.00. The SMILES string of the molecule is OCc1ccc(CN2CCOCC2C2CCCC2O)o1. The smallest absolute Gasteiger partial charge is 0.129 e. The Bertz CT molecular complexity index is 433. The summed E-state index contributed by atoms with van der Waals surface area (Å²) < 4.78 is 11.2. The Hall–Kier alpha value is -0.880. The topological polar surface area (TPSA) is 66.1 Å². The highest BCUT2D eigenvalue weighted by molar-refractivity contribution is 5.07. The molecule has 1 saturated heterocycles. The molecule has 0 radical (unpaired) electrons. The van der Waals surface area contributed by atoms with Crippen molar-refractivity contribution < 1.29 is 19.4 Å². The summed E-state index contributed by atoms with van der Waals surface area (Å²) in [5.41, 5.74) is 0. The summed E-state index contributed by atoms with van der Waals surface area (Å²) in [5.74, 6) is 1.78.